The molecule has 0 aliphatic carbocycles. The van der Waals surface area contributed by atoms with Crippen molar-refractivity contribution < 1.29 is 0 Å². The van der Waals surface area contributed by atoms with Crippen LogP contribution in [0.5, 0.6) is 0 Å². The predicted octanol–water partition coefficient (Wildman–Crippen LogP) is 2.57. The highest BCUT2D eigenvalue weighted by atomic mass is 33.1. The SMILES string of the molecule is CC=CCSSC. The standard InChI is InChI=1S/C5H10S2/c1-3-4-5-7-6-2/h3-4H,5H2,1-2H3. The summed E-state index contributed by atoms with van der Waals surface area (Å²) >= 11 is 0. The normalized spacial score (nSPS) is 10.6. The van der Waals surface area contributed by atoms with Gasteiger partial charge in [-0.2, -0.15) is 0 Å². The van der Waals surface area contributed by atoms with Crippen LogP contribution in [0.15, 0.2) is 12.2 Å². The zero-order chi connectivity index (χ0) is 5.54. The second-order valence-electron chi connectivity index (χ2n) is 1.02. The molecule has 0 amide bonds. The average Bonchev–Trinajstić information content (AvgIpc) is 1.69. The summed E-state index contributed by atoms with van der Waals surface area (Å²) in [6, 6.07) is 0. The van der Waals surface area contributed by atoms with E-state index >= 15 is 0 Å². The van der Waals surface area contributed by atoms with Crippen LogP contribution in [0.4, 0.5) is 0 Å². The molecule has 0 aliphatic heterocycles. The van der Waals surface area contributed by atoms with Crippen molar-refractivity contribution >= 4 is 21.6 Å². The second-order valence-corrected chi connectivity index (χ2v) is 3.63. The van der Waals surface area contributed by atoms with Crippen molar-refractivity contribution in [3.05, 3.63) is 12.2 Å². The van der Waals surface area contributed by atoms with Crippen molar-refractivity contribution in [1.29, 1.82) is 0 Å². The second kappa shape index (κ2) is 6.44. The van der Waals surface area contributed by atoms with Crippen molar-refractivity contribution in [1.82, 2.24) is 0 Å². The zero-order valence-electron chi connectivity index (χ0n) is 4.68. The van der Waals surface area contributed by atoms with Gasteiger partial charge in [0.05, 0.1) is 0 Å². The van der Waals surface area contributed by atoms with Gasteiger partial charge in [-0.1, -0.05) is 33.7 Å². The number of allylic oxidation sites excluding steroid dienone is 1. The van der Waals surface area contributed by atoms with Crippen molar-refractivity contribution in [2.75, 3.05) is 12.0 Å². The van der Waals surface area contributed by atoms with Gasteiger partial charge in [0.1, 0.15) is 0 Å². The summed E-state index contributed by atoms with van der Waals surface area (Å²) < 4.78 is 0. The molecule has 7 heavy (non-hydrogen) atoms. The molecule has 0 spiro atoms. The molecule has 0 radical (unpaired) electrons. The first-order chi connectivity index (χ1) is 3.41. The lowest BCUT2D eigenvalue weighted by Crippen LogP contribution is -1.59. The molecule has 0 unspecified atom stereocenters. The Balaban J connectivity index is 2.69. The molecule has 0 fully saturated rings. The number of hydrogen-bond donors (Lipinski definition) is 0. The maximum atomic E-state index is 2.15. The Kier molecular flexibility index (Phi) is 6.84. The van der Waals surface area contributed by atoms with E-state index in [9.17, 15) is 0 Å². The topological polar surface area (TPSA) is 0 Å². The predicted molar refractivity (Wildman–Crippen MR) is 40.8 cm³/mol. The van der Waals surface area contributed by atoms with Gasteiger partial charge in [-0.05, 0) is 13.2 Å². The summed E-state index contributed by atoms with van der Waals surface area (Å²) in [4.78, 5) is 0. The molecule has 0 N–H and O–H groups in total. The maximum Gasteiger partial charge on any atom is 0.0217 e. The fourth-order valence-electron chi connectivity index (χ4n) is 0.204. The van der Waals surface area contributed by atoms with Crippen LogP contribution >= 0.6 is 21.6 Å². The summed E-state index contributed by atoms with van der Waals surface area (Å²) in [5, 5.41) is 0. The van der Waals surface area contributed by atoms with Crippen molar-refractivity contribution in [2.24, 2.45) is 0 Å². The molecule has 0 atom stereocenters. The van der Waals surface area contributed by atoms with Gasteiger partial charge in [0.15, 0.2) is 0 Å². The third-order valence-electron chi connectivity index (χ3n) is 0.518. The lowest BCUT2D eigenvalue weighted by atomic mass is 10.6. The van der Waals surface area contributed by atoms with Gasteiger partial charge in [0.2, 0.25) is 0 Å². The first kappa shape index (κ1) is 7.44. The highest BCUT2D eigenvalue weighted by molar-refractivity contribution is 8.76. The van der Waals surface area contributed by atoms with Crippen LogP contribution in [0, 0.1) is 0 Å². The van der Waals surface area contributed by atoms with Crippen molar-refractivity contribution in [2.45, 2.75) is 6.92 Å². The first-order valence-electron chi connectivity index (χ1n) is 2.18. The van der Waals surface area contributed by atoms with E-state index in [2.05, 4.69) is 18.4 Å². The third-order valence-corrected chi connectivity index (χ3v) is 2.20. The van der Waals surface area contributed by atoms with E-state index in [1.165, 1.54) is 0 Å². The Hall–Kier alpha value is 0.440. The Morgan fingerprint density at radius 3 is 2.71 bits per heavy atom. The van der Waals surface area contributed by atoms with Gasteiger partial charge in [-0.15, -0.1) is 0 Å². The fraction of sp³-hybridized carbons (Fsp3) is 0.600. The van der Waals surface area contributed by atoms with Gasteiger partial charge < -0.3 is 0 Å². The van der Waals surface area contributed by atoms with Crippen LogP contribution in [0.3, 0.4) is 0 Å². The molecule has 0 aromatic rings. The highest BCUT2D eigenvalue weighted by Crippen LogP contribution is 2.15. The van der Waals surface area contributed by atoms with Gasteiger partial charge in [0.25, 0.3) is 0 Å². The molecule has 0 bridgehead atoms. The van der Waals surface area contributed by atoms with E-state index < -0.39 is 0 Å². The summed E-state index contributed by atoms with van der Waals surface area (Å²) in [6.45, 7) is 2.04. The smallest absolute Gasteiger partial charge is 0.0217 e. The Labute approximate surface area is 53.2 Å². The van der Waals surface area contributed by atoms with E-state index in [0.717, 1.165) is 5.75 Å². The lowest BCUT2D eigenvalue weighted by Gasteiger charge is -1.83. The molecule has 0 rings (SSSR count). The van der Waals surface area contributed by atoms with Crippen LogP contribution in [0.25, 0.3) is 0 Å². The van der Waals surface area contributed by atoms with E-state index in [1.54, 1.807) is 10.8 Å². The van der Waals surface area contributed by atoms with E-state index in [-0.39, 0.29) is 0 Å². The highest BCUT2D eigenvalue weighted by Gasteiger charge is 1.73. The monoisotopic (exact) mass is 134 g/mol. The minimum atomic E-state index is 1.14. The van der Waals surface area contributed by atoms with Gasteiger partial charge in [-0.25, -0.2) is 0 Å². The Morgan fingerprint density at radius 1 is 1.57 bits per heavy atom. The van der Waals surface area contributed by atoms with Crippen LogP contribution in [-0.4, -0.2) is 12.0 Å². The van der Waals surface area contributed by atoms with Gasteiger partial charge >= 0.3 is 0 Å². The molecule has 0 heterocycles. The minimum absolute atomic E-state index is 1.14. The summed E-state index contributed by atoms with van der Waals surface area (Å²) in [5.74, 6) is 1.14. The zero-order valence-corrected chi connectivity index (χ0v) is 6.31. The average molecular weight is 134 g/mol. The van der Waals surface area contributed by atoms with Crippen molar-refractivity contribution in [3.8, 4) is 0 Å². The molecule has 42 valence electrons. The van der Waals surface area contributed by atoms with Crippen LogP contribution < -0.4 is 0 Å². The summed E-state index contributed by atoms with van der Waals surface area (Å²) in [5.41, 5.74) is 0. The number of rotatable bonds is 3. The van der Waals surface area contributed by atoms with E-state index in [1.807, 2.05) is 17.7 Å². The van der Waals surface area contributed by atoms with Crippen LogP contribution in [-0.2, 0) is 0 Å². The Bertz CT molecular complexity index is 50.0. The maximum absolute atomic E-state index is 2.15. The quantitative estimate of drug-likeness (QED) is 0.330. The third kappa shape index (κ3) is 6.44. The largest absolute Gasteiger partial charge is 0.0973 e. The molecule has 0 aromatic heterocycles. The minimum Gasteiger partial charge on any atom is -0.0973 e. The molecule has 0 nitrogen and oxygen atoms in total. The van der Waals surface area contributed by atoms with Crippen molar-refractivity contribution in [3.63, 3.8) is 0 Å². The van der Waals surface area contributed by atoms with Gasteiger partial charge in [0, 0.05) is 5.75 Å². The summed E-state index contributed by atoms with van der Waals surface area (Å²) in [7, 11) is 3.67. The first-order valence-corrected chi connectivity index (χ1v) is 4.91. The lowest BCUT2D eigenvalue weighted by molar-refractivity contribution is 1.66. The fourth-order valence-corrected chi connectivity index (χ4v) is 1.25. The Morgan fingerprint density at radius 2 is 2.29 bits per heavy atom. The molecule has 2 heteroatoms. The van der Waals surface area contributed by atoms with Crippen LogP contribution in [0.1, 0.15) is 6.92 Å². The molecule has 0 saturated carbocycles. The van der Waals surface area contributed by atoms with Crippen LogP contribution in [0.2, 0.25) is 0 Å². The molecule has 0 aromatic carbocycles. The molecule has 0 saturated heterocycles. The van der Waals surface area contributed by atoms with E-state index in [4.69, 9.17) is 0 Å². The molecular formula is C5H10S2. The van der Waals surface area contributed by atoms with Gasteiger partial charge in [-0.3, -0.25) is 0 Å². The molecule has 0 aliphatic rings. The van der Waals surface area contributed by atoms with E-state index in [0.29, 0.717) is 0 Å². The summed E-state index contributed by atoms with van der Waals surface area (Å²) in [6.07, 6.45) is 6.32. The molecular weight excluding hydrogens is 124 g/mol. The number of hydrogen-bond acceptors (Lipinski definition) is 2.